The molecule has 166 valence electrons. The molecule has 0 amide bonds. The summed E-state index contributed by atoms with van der Waals surface area (Å²) in [5.41, 5.74) is 2.52. The SMILES string of the molecule is Cn1cc(-c2cc(-c3cnc4[nH]ccc4c3)ccn2)n(-c2ccccc2OC(F)(F)F)c1=O. The normalized spacial score (nSPS) is 11.8. The van der Waals surface area contributed by atoms with Crippen LogP contribution < -0.4 is 10.4 Å². The Morgan fingerprint density at radius 2 is 1.85 bits per heavy atom. The molecule has 10 heteroatoms. The monoisotopic (exact) mass is 451 g/mol. The Morgan fingerprint density at radius 3 is 2.67 bits per heavy atom. The van der Waals surface area contributed by atoms with E-state index in [4.69, 9.17) is 0 Å². The number of ether oxygens (including phenoxy) is 1. The number of halogens is 3. The first-order chi connectivity index (χ1) is 15.8. The van der Waals surface area contributed by atoms with Crippen molar-refractivity contribution < 1.29 is 17.9 Å². The summed E-state index contributed by atoms with van der Waals surface area (Å²) in [6.07, 6.45) is 1.69. The molecular formula is C23H16F3N5O2. The van der Waals surface area contributed by atoms with Crippen LogP contribution in [-0.4, -0.2) is 30.4 Å². The van der Waals surface area contributed by atoms with Crippen LogP contribution in [0.4, 0.5) is 13.2 Å². The lowest BCUT2D eigenvalue weighted by molar-refractivity contribution is -0.274. The van der Waals surface area contributed by atoms with E-state index in [2.05, 4.69) is 19.7 Å². The highest BCUT2D eigenvalue weighted by molar-refractivity contribution is 5.82. The molecule has 5 rings (SSSR count). The van der Waals surface area contributed by atoms with Crippen molar-refractivity contribution in [1.29, 1.82) is 0 Å². The standard InChI is InChI=1S/C23H16F3N5O2/c1-30-13-19(31(22(30)32)18-4-2-3-5-20(18)33-23(24,25)26)17-11-14(6-8-27-17)16-10-15-7-9-28-21(15)29-12-16/h2-13H,1H3,(H,28,29). The maximum Gasteiger partial charge on any atom is 0.573 e. The average Bonchev–Trinajstić information content (AvgIpc) is 3.37. The third-order valence-corrected chi connectivity index (χ3v) is 5.14. The van der Waals surface area contributed by atoms with Gasteiger partial charge < -0.3 is 14.3 Å². The maximum absolute atomic E-state index is 13.0. The first-order valence-corrected chi connectivity index (χ1v) is 9.83. The molecule has 5 aromatic rings. The molecule has 4 aromatic heterocycles. The molecule has 0 aliphatic carbocycles. The minimum atomic E-state index is -4.91. The Bertz CT molecular complexity index is 1530. The van der Waals surface area contributed by atoms with Gasteiger partial charge >= 0.3 is 12.1 Å². The van der Waals surface area contributed by atoms with Gasteiger partial charge in [-0.25, -0.2) is 9.78 Å². The van der Waals surface area contributed by atoms with Gasteiger partial charge in [-0.05, 0) is 42.0 Å². The molecule has 0 aliphatic rings. The van der Waals surface area contributed by atoms with Gasteiger partial charge in [0.2, 0.25) is 0 Å². The number of hydrogen-bond donors (Lipinski definition) is 1. The second-order valence-corrected chi connectivity index (χ2v) is 7.33. The summed E-state index contributed by atoms with van der Waals surface area (Å²) in [5, 5.41) is 0.931. The lowest BCUT2D eigenvalue weighted by atomic mass is 10.1. The molecule has 0 spiro atoms. The zero-order valence-corrected chi connectivity index (χ0v) is 17.2. The van der Waals surface area contributed by atoms with Crippen molar-refractivity contribution in [3.63, 3.8) is 0 Å². The van der Waals surface area contributed by atoms with Crippen LogP contribution in [0.3, 0.4) is 0 Å². The Kier molecular flexibility index (Phi) is 4.77. The number of hydrogen-bond acceptors (Lipinski definition) is 4. The number of benzene rings is 1. The number of aryl methyl sites for hydroxylation is 1. The molecule has 0 aliphatic heterocycles. The van der Waals surface area contributed by atoms with Crippen molar-refractivity contribution in [2.75, 3.05) is 0 Å². The van der Waals surface area contributed by atoms with Crippen molar-refractivity contribution >= 4 is 11.0 Å². The Hall–Kier alpha value is -4.34. The van der Waals surface area contributed by atoms with Crippen LogP contribution in [0.25, 0.3) is 39.2 Å². The van der Waals surface area contributed by atoms with E-state index in [0.29, 0.717) is 11.4 Å². The minimum absolute atomic E-state index is 0.0435. The number of H-pyrrole nitrogens is 1. The van der Waals surface area contributed by atoms with Gasteiger partial charge in [0.15, 0.2) is 5.75 Å². The van der Waals surface area contributed by atoms with Gasteiger partial charge in [0.1, 0.15) is 5.65 Å². The zero-order chi connectivity index (χ0) is 23.2. The average molecular weight is 451 g/mol. The van der Waals surface area contributed by atoms with Gasteiger partial charge in [-0.2, -0.15) is 0 Å². The zero-order valence-electron chi connectivity index (χ0n) is 17.2. The molecule has 0 radical (unpaired) electrons. The van der Waals surface area contributed by atoms with E-state index < -0.39 is 17.8 Å². The summed E-state index contributed by atoms with van der Waals surface area (Å²) in [7, 11) is 1.52. The van der Waals surface area contributed by atoms with Crippen molar-refractivity contribution in [2.45, 2.75) is 6.36 Å². The number of nitrogens with one attached hydrogen (secondary N) is 1. The number of pyridine rings is 2. The second-order valence-electron chi connectivity index (χ2n) is 7.33. The Morgan fingerprint density at radius 1 is 1.03 bits per heavy atom. The molecule has 0 saturated carbocycles. The number of fused-ring (bicyclic) bond motifs is 1. The van der Waals surface area contributed by atoms with Crippen molar-refractivity contribution in [1.82, 2.24) is 24.1 Å². The number of para-hydroxylation sites is 2. The highest BCUT2D eigenvalue weighted by Crippen LogP contribution is 2.32. The van der Waals surface area contributed by atoms with Crippen LogP contribution in [0.2, 0.25) is 0 Å². The number of alkyl halides is 3. The predicted molar refractivity (Wildman–Crippen MR) is 116 cm³/mol. The number of rotatable bonds is 4. The highest BCUT2D eigenvalue weighted by Gasteiger charge is 2.33. The second kappa shape index (κ2) is 7.66. The molecular weight excluding hydrogens is 435 g/mol. The van der Waals surface area contributed by atoms with Gasteiger partial charge in [0, 0.05) is 42.8 Å². The molecule has 0 unspecified atom stereocenters. The van der Waals surface area contributed by atoms with E-state index in [0.717, 1.165) is 32.8 Å². The maximum atomic E-state index is 13.0. The summed E-state index contributed by atoms with van der Waals surface area (Å²) in [5.74, 6) is -0.488. The Labute approximate surface area is 184 Å². The summed E-state index contributed by atoms with van der Waals surface area (Å²) in [6.45, 7) is 0. The van der Waals surface area contributed by atoms with Gasteiger partial charge in [0.05, 0.1) is 17.1 Å². The lowest BCUT2D eigenvalue weighted by Crippen LogP contribution is -2.24. The van der Waals surface area contributed by atoms with Crippen molar-refractivity contribution in [3.8, 4) is 34.0 Å². The van der Waals surface area contributed by atoms with Crippen LogP contribution in [-0.2, 0) is 7.05 Å². The molecule has 33 heavy (non-hydrogen) atoms. The van der Waals surface area contributed by atoms with E-state index >= 15 is 0 Å². The van der Waals surface area contributed by atoms with Gasteiger partial charge in [-0.3, -0.25) is 9.55 Å². The molecule has 1 aromatic carbocycles. The van der Waals surface area contributed by atoms with Crippen LogP contribution in [0.15, 0.2) is 78.1 Å². The molecule has 0 bridgehead atoms. The van der Waals surface area contributed by atoms with Crippen LogP contribution in [0, 0.1) is 0 Å². The topological polar surface area (TPSA) is 77.7 Å². The Balaban J connectivity index is 1.65. The number of aromatic amines is 1. The predicted octanol–water partition coefficient (Wildman–Crippen LogP) is 4.68. The van der Waals surface area contributed by atoms with Crippen LogP contribution >= 0.6 is 0 Å². The minimum Gasteiger partial charge on any atom is -0.404 e. The first kappa shape index (κ1) is 20.6. The third kappa shape index (κ3) is 3.86. The fourth-order valence-electron chi connectivity index (χ4n) is 3.67. The quantitative estimate of drug-likeness (QED) is 0.431. The summed E-state index contributed by atoms with van der Waals surface area (Å²) < 4.78 is 45.5. The highest BCUT2D eigenvalue weighted by atomic mass is 19.4. The van der Waals surface area contributed by atoms with Crippen molar-refractivity contribution in [3.05, 3.63) is 83.8 Å². The number of imidazole rings is 1. The van der Waals surface area contributed by atoms with Crippen molar-refractivity contribution in [2.24, 2.45) is 7.05 Å². The lowest BCUT2D eigenvalue weighted by Gasteiger charge is -2.15. The van der Waals surface area contributed by atoms with E-state index in [1.54, 1.807) is 30.7 Å². The smallest absolute Gasteiger partial charge is 0.404 e. The molecule has 0 saturated heterocycles. The molecule has 7 nitrogen and oxygen atoms in total. The first-order valence-electron chi connectivity index (χ1n) is 9.83. The molecule has 4 heterocycles. The van der Waals surface area contributed by atoms with Gasteiger partial charge in [0.25, 0.3) is 0 Å². The van der Waals surface area contributed by atoms with Gasteiger partial charge in [-0.1, -0.05) is 12.1 Å². The summed E-state index contributed by atoms with van der Waals surface area (Å²) in [4.78, 5) is 24.7. The van der Waals surface area contributed by atoms with E-state index in [9.17, 15) is 18.0 Å². The molecule has 0 atom stereocenters. The third-order valence-electron chi connectivity index (χ3n) is 5.14. The van der Waals surface area contributed by atoms with Crippen LogP contribution in [0.5, 0.6) is 5.75 Å². The fraction of sp³-hybridized carbons (Fsp3) is 0.0870. The summed E-state index contributed by atoms with van der Waals surface area (Å²) in [6, 6.07) is 12.9. The largest absolute Gasteiger partial charge is 0.573 e. The fourth-order valence-corrected chi connectivity index (χ4v) is 3.67. The molecule has 1 N–H and O–H groups in total. The van der Waals surface area contributed by atoms with Crippen LogP contribution in [0.1, 0.15) is 0 Å². The van der Waals surface area contributed by atoms with E-state index in [-0.39, 0.29) is 5.69 Å². The number of aromatic nitrogens is 5. The van der Waals surface area contributed by atoms with Gasteiger partial charge in [-0.15, -0.1) is 13.2 Å². The van der Waals surface area contributed by atoms with E-state index in [1.807, 2.05) is 12.1 Å². The van der Waals surface area contributed by atoms with E-state index in [1.165, 1.54) is 36.0 Å². The summed E-state index contributed by atoms with van der Waals surface area (Å²) >= 11 is 0. The molecule has 0 fully saturated rings. The number of nitrogens with zero attached hydrogens (tertiary/aromatic N) is 4.